The molecule has 0 aromatic carbocycles. The van der Waals surface area contributed by atoms with Crippen LogP contribution in [0.5, 0.6) is 0 Å². The largest absolute Gasteiger partial charge is 0.394 e. The number of H-pyrrole nitrogens is 1. The summed E-state index contributed by atoms with van der Waals surface area (Å²) >= 11 is 0. The number of aliphatic hydroxyl groups is 3. The van der Waals surface area contributed by atoms with Crippen LogP contribution >= 0.6 is 0 Å². The molecule has 20 heavy (non-hydrogen) atoms. The van der Waals surface area contributed by atoms with Gasteiger partial charge in [-0.05, 0) is 5.92 Å². The van der Waals surface area contributed by atoms with E-state index in [0.717, 1.165) is 10.6 Å². The quantitative estimate of drug-likeness (QED) is 0.518. The van der Waals surface area contributed by atoms with Gasteiger partial charge in [-0.3, -0.25) is 14.3 Å². The summed E-state index contributed by atoms with van der Waals surface area (Å²) in [6, 6.07) is 1.12. The van der Waals surface area contributed by atoms with Gasteiger partial charge >= 0.3 is 5.69 Å². The molecule has 0 amide bonds. The Labute approximate surface area is 114 Å². The molecule has 2 rings (SSSR count). The minimum atomic E-state index is -1.75. The molecule has 1 fully saturated rings. The first kappa shape index (κ1) is 14.9. The highest BCUT2D eigenvalue weighted by molar-refractivity contribution is 5.04. The molecule has 0 saturated carbocycles. The van der Waals surface area contributed by atoms with Crippen molar-refractivity contribution in [2.45, 2.75) is 37.9 Å². The van der Waals surface area contributed by atoms with Crippen LogP contribution in [0.4, 0.5) is 0 Å². The van der Waals surface area contributed by atoms with Crippen molar-refractivity contribution in [1.82, 2.24) is 9.55 Å². The van der Waals surface area contributed by atoms with E-state index in [-0.39, 0.29) is 0 Å². The fourth-order valence-electron chi connectivity index (χ4n) is 2.46. The van der Waals surface area contributed by atoms with E-state index in [1.54, 1.807) is 13.8 Å². The molecule has 1 aliphatic heterocycles. The van der Waals surface area contributed by atoms with Gasteiger partial charge in [-0.2, -0.15) is 0 Å². The Morgan fingerprint density at radius 2 is 2.15 bits per heavy atom. The average molecular weight is 286 g/mol. The van der Waals surface area contributed by atoms with Gasteiger partial charge in [0.25, 0.3) is 5.56 Å². The van der Waals surface area contributed by atoms with Crippen LogP contribution in [0.25, 0.3) is 0 Å². The topological polar surface area (TPSA) is 125 Å². The van der Waals surface area contributed by atoms with E-state index in [1.165, 1.54) is 6.20 Å². The monoisotopic (exact) mass is 286 g/mol. The normalized spacial score (nSPS) is 33.8. The molecule has 0 spiro atoms. The molecule has 0 radical (unpaired) electrons. The number of aromatic nitrogens is 2. The van der Waals surface area contributed by atoms with Crippen LogP contribution in [0.2, 0.25) is 0 Å². The van der Waals surface area contributed by atoms with Crippen molar-refractivity contribution in [2.24, 2.45) is 5.92 Å². The second-order valence-corrected chi connectivity index (χ2v) is 5.21. The molecule has 0 unspecified atom stereocenters. The third kappa shape index (κ3) is 2.10. The maximum atomic E-state index is 11.8. The zero-order valence-corrected chi connectivity index (χ0v) is 11.2. The van der Waals surface area contributed by atoms with E-state index < -0.39 is 47.8 Å². The van der Waals surface area contributed by atoms with Crippen molar-refractivity contribution in [3.05, 3.63) is 33.1 Å². The Morgan fingerprint density at radius 1 is 1.50 bits per heavy atom. The molecule has 8 heteroatoms. The lowest BCUT2D eigenvalue weighted by molar-refractivity contribution is -0.137. The van der Waals surface area contributed by atoms with Gasteiger partial charge in [-0.1, -0.05) is 13.8 Å². The first-order valence-corrected chi connectivity index (χ1v) is 6.30. The van der Waals surface area contributed by atoms with E-state index >= 15 is 0 Å². The summed E-state index contributed by atoms with van der Waals surface area (Å²) in [5.74, 6) is -0.446. The summed E-state index contributed by atoms with van der Waals surface area (Å²) in [7, 11) is 0. The Morgan fingerprint density at radius 3 is 2.65 bits per heavy atom. The maximum Gasteiger partial charge on any atom is 0.330 e. The first-order valence-electron chi connectivity index (χ1n) is 6.30. The van der Waals surface area contributed by atoms with Crippen LogP contribution in [0.1, 0.15) is 20.1 Å². The third-order valence-electron chi connectivity index (χ3n) is 3.73. The molecule has 1 aromatic rings. The molecule has 4 N–H and O–H groups in total. The SMILES string of the molecule is CC(C)[C@@]1(O)[C@H](O)[C@@H](CO)O[C@H]1n1ccc(=O)[nH]c1=O. The average Bonchev–Trinajstić information content (AvgIpc) is 2.64. The zero-order valence-electron chi connectivity index (χ0n) is 11.2. The molecule has 0 bridgehead atoms. The smallest absolute Gasteiger partial charge is 0.330 e. The highest BCUT2D eigenvalue weighted by atomic mass is 16.6. The molecular formula is C12H18N2O6. The predicted molar refractivity (Wildman–Crippen MR) is 68.1 cm³/mol. The van der Waals surface area contributed by atoms with Crippen molar-refractivity contribution in [1.29, 1.82) is 0 Å². The van der Waals surface area contributed by atoms with Gasteiger partial charge in [0.15, 0.2) is 6.23 Å². The van der Waals surface area contributed by atoms with Crippen LogP contribution in [0.3, 0.4) is 0 Å². The Balaban J connectivity index is 2.53. The number of ether oxygens (including phenoxy) is 1. The van der Waals surface area contributed by atoms with E-state index in [4.69, 9.17) is 4.74 Å². The van der Waals surface area contributed by atoms with Crippen molar-refractivity contribution < 1.29 is 20.1 Å². The summed E-state index contributed by atoms with van der Waals surface area (Å²) < 4.78 is 6.40. The second kappa shape index (κ2) is 5.13. The maximum absolute atomic E-state index is 11.8. The Bertz CT molecular complexity index is 594. The number of nitrogens with zero attached hydrogens (tertiary/aromatic N) is 1. The minimum absolute atomic E-state index is 0.446. The van der Waals surface area contributed by atoms with Crippen molar-refractivity contribution in [3.8, 4) is 0 Å². The van der Waals surface area contributed by atoms with Gasteiger partial charge in [-0.25, -0.2) is 4.79 Å². The van der Waals surface area contributed by atoms with Crippen LogP contribution in [0, 0.1) is 5.92 Å². The zero-order chi connectivity index (χ0) is 15.1. The fourth-order valence-corrected chi connectivity index (χ4v) is 2.46. The van der Waals surface area contributed by atoms with Gasteiger partial charge in [-0.15, -0.1) is 0 Å². The van der Waals surface area contributed by atoms with Crippen LogP contribution in [-0.4, -0.2) is 49.3 Å². The van der Waals surface area contributed by atoms with Crippen molar-refractivity contribution >= 4 is 0 Å². The second-order valence-electron chi connectivity index (χ2n) is 5.21. The van der Waals surface area contributed by atoms with Gasteiger partial charge in [0.05, 0.1) is 6.61 Å². The molecule has 4 atom stereocenters. The summed E-state index contributed by atoms with van der Waals surface area (Å²) in [6.07, 6.45) is -2.37. The molecule has 1 saturated heterocycles. The number of aromatic amines is 1. The van der Waals surface area contributed by atoms with Gasteiger partial charge in [0.1, 0.15) is 17.8 Å². The van der Waals surface area contributed by atoms with E-state index in [1.807, 2.05) is 0 Å². The minimum Gasteiger partial charge on any atom is -0.394 e. The highest BCUT2D eigenvalue weighted by Gasteiger charge is 2.57. The summed E-state index contributed by atoms with van der Waals surface area (Å²) in [5.41, 5.74) is -3.08. The van der Waals surface area contributed by atoms with Crippen LogP contribution in [-0.2, 0) is 4.74 Å². The van der Waals surface area contributed by atoms with E-state index in [2.05, 4.69) is 4.98 Å². The summed E-state index contributed by atoms with van der Waals surface area (Å²) in [6.45, 7) is 2.83. The molecular weight excluding hydrogens is 268 g/mol. The number of aliphatic hydroxyl groups excluding tert-OH is 2. The molecule has 1 aliphatic rings. The predicted octanol–water partition coefficient (Wildman–Crippen LogP) is -1.83. The Hall–Kier alpha value is -1.48. The Kier molecular flexibility index (Phi) is 3.83. The molecule has 0 aliphatic carbocycles. The lowest BCUT2D eigenvalue weighted by Gasteiger charge is -2.35. The van der Waals surface area contributed by atoms with Crippen molar-refractivity contribution in [3.63, 3.8) is 0 Å². The molecule has 1 aromatic heterocycles. The van der Waals surface area contributed by atoms with Gasteiger partial charge < -0.3 is 20.1 Å². The number of nitrogens with one attached hydrogen (secondary N) is 1. The van der Waals surface area contributed by atoms with Gasteiger partial charge in [0.2, 0.25) is 0 Å². The van der Waals surface area contributed by atoms with Crippen LogP contribution < -0.4 is 11.2 Å². The lowest BCUT2D eigenvalue weighted by atomic mass is 9.83. The molecule has 2 heterocycles. The summed E-state index contributed by atoms with van der Waals surface area (Å²) in [5, 5.41) is 30.0. The van der Waals surface area contributed by atoms with E-state index in [0.29, 0.717) is 0 Å². The van der Waals surface area contributed by atoms with Crippen molar-refractivity contribution in [2.75, 3.05) is 6.61 Å². The fraction of sp³-hybridized carbons (Fsp3) is 0.667. The lowest BCUT2D eigenvalue weighted by Crippen LogP contribution is -2.52. The van der Waals surface area contributed by atoms with Gasteiger partial charge in [0, 0.05) is 12.3 Å². The standard InChI is InChI=1S/C12H18N2O6/c1-6(2)12(19)9(17)7(5-15)20-10(12)14-4-3-8(16)13-11(14)18/h3-4,6-7,9-10,15,17,19H,5H2,1-2H3,(H,13,16,18)/t7-,9-,10-,12-/m1/s1. The number of rotatable bonds is 3. The third-order valence-corrected chi connectivity index (χ3v) is 3.73. The number of hydrogen-bond donors (Lipinski definition) is 4. The number of hydrogen-bond acceptors (Lipinski definition) is 6. The highest BCUT2D eigenvalue weighted by Crippen LogP contribution is 2.42. The molecule has 8 nitrogen and oxygen atoms in total. The molecule has 112 valence electrons. The van der Waals surface area contributed by atoms with E-state index in [9.17, 15) is 24.9 Å². The van der Waals surface area contributed by atoms with Crippen LogP contribution in [0.15, 0.2) is 21.9 Å². The summed E-state index contributed by atoms with van der Waals surface area (Å²) in [4.78, 5) is 24.9. The first-order chi connectivity index (χ1) is 9.32.